The Labute approximate surface area is 162 Å². The van der Waals surface area contributed by atoms with Crippen molar-refractivity contribution in [3.8, 4) is 5.88 Å². The van der Waals surface area contributed by atoms with Gasteiger partial charge < -0.3 is 4.74 Å². The second-order valence-electron chi connectivity index (χ2n) is 6.79. The normalized spacial score (nSPS) is 21.4. The number of ether oxygens (including phenoxy) is 1. The first-order valence-electron chi connectivity index (χ1n) is 9.29. The molecular formula is C17H23FN4O5S. The average Bonchev–Trinajstić information content (AvgIpc) is 3.12. The summed E-state index contributed by atoms with van der Waals surface area (Å²) < 4.78 is 46.2. The summed E-state index contributed by atoms with van der Waals surface area (Å²) in [5.41, 5.74) is 0.239. The van der Waals surface area contributed by atoms with E-state index >= 15 is 0 Å². The molecule has 2 saturated heterocycles. The number of halogens is 1. The zero-order valence-corrected chi connectivity index (χ0v) is 16.5. The molecule has 3 rings (SSSR count). The Bertz CT molecular complexity index is 847. The van der Waals surface area contributed by atoms with E-state index in [4.69, 9.17) is 4.74 Å². The first-order chi connectivity index (χ1) is 13.3. The fourth-order valence-electron chi connectivity index (χ4n) is 3.31. The summed E-state index contributed by atoms with van der Waals surface area (Å²) in [6.07, 6.45) is 2.50. The lowest BCUT2D eigenvalue weighted by Crippen LogP contribution is -2.44. The smallest absolute Gasteiger partial charge is 0.254 e. The molecule has 0 saturated carbocycles. The fraction of sp³-hybridized carbons (Fsp3) is 0.647. The standard InChI is InChI=1S/C17H23FN4O5S/c1-2-13-16(18)17(20-11-19-13)27-12-6-7-21(10-12)28(25,26)9-8-22-14(23)4-3-5-15(22)24/h11-12H,2-10H2,1H3/t12-/m1/s1. The van der Waals surface area contributed by atoms with Crippen molar-refractivity contribution in [1.29, 1.82) is 0 Å². The molecule has 9 nitrogen and oxygen atoms in total. The Morgan fingerprint density at radius 2 is 1.96 bits per heavy atom. The number of carbonyl (C=O) groups is 2. The summed E-state index contributed by atoms with van der Waals surface area (Å²) in [6.45, 7) is 1.90. The molecule has 0 aliphatic carbocycles. The van der Waals surface area contributed by atoms with Crippen LogP contribution in [0.15, 0.2) is 6.33 Å². The van der Waals surface area contributed by atoms with Gasteiger partial charge in [-0.25, -0.2) is 13.4 Å². The van der Waals surface area contributed by atoms with E-state index in [0.717, 1.165) is 4.90 Å². The van der Waals surface area contributed by atoms with Crippen LogP contribution in [0.5, 0.6) is 5.88 Å². The molecule has 0 unspecified atom stereocenters. The number of piperidine rings is 1. The zero-order chi connectivity index (χ0) is 20.3. The van der Waals surface area contributed by atoms with E-state index in [1.165, 1.54) is 10.6 Å². The maximum atomic E-state index is 14.2. The third-order valence-electron chi connectivity index (χ3n) is 4.90. The minimum absolute atomic E-state index is 0.0646. The van der Waals surface area contributed by atoms with Crippen molar-refractivity contribution in [3.05, 3.63) is 17.8 Å². The number of aromatic nitrogens is 2. The highest BCUT2D eigenvalue weighted by Crippen LogP contribution is 2.23. The van der Waals surface area contributed by atoms with Crippen LogP contribution in [0.1, 0.15) is 38.3 Å². The lowest BCUT2D eigenvalue weighted by atomic mass is 10.1. The van der Waals surface area contributed by atoms with Crippen molar-refractivity contribution >= 4 is 21.8 Å². The molecule has 0 radical (unpaired) electrons. The van der Waals surface area contributed by atoms with E-state index < -0.39 is 21.9 Å². The van der Waals surface area contributed by atoms with Crippen LogP contribution in [0, 0.1) is 5.82 Å². The maximum absolute atomic E-state index is 14.2. The molecule has 1 aromatic heterocycles. The molecule has 2 aliphatic rings. The van der Waals surface area contributed by atoms with Crippen LogP contribution in [0.25, 0.3) is 0 Å². The molecule has 0 N–H and O–H groups in total. The first-order valence-corrected chi connectivity index (χ1v) is 10.9. The van der Waals surface area contributed by atoms with Crippen molar-refractivity contribution in [2.24, 2.45) is 0 Å². The molecule has 2 amide bonds. The van der Waals surface area contributed by atoms with Crippen LogP contribution >= 0.6 is 0 Å². The van der Waals surface area contributed by atoms with Crippen LogP contribution in [0.3, 0.4) is 0 Å². The fourth-order valence-corrected chi connectivity index (χ4v) is 4.75. The predicted octanol–water partition coefficient (Wildman–Crippen LogP) is 0.500. The highest BCUT2D eigenvalue weighted by atomic mass is 32.2. The number of likely N-dealkylation sites (tertiary alicyclic amines) is 1. The molecule has 11 heteroatoms. The third kappa shape index (κ3) is 4.46. The second-order valence-corrected chi connectivity index (χ2v) is 8.88. The summed E-state index contributed by atoms with van der Waals surface area (Å²) in [6, 6.07) is 0. The topological polar surface area (TPSA) is 110 Å². The summed E-state index contributed by atoms with van der Waals surface area (Å²) >= 11 is 0. The van der Waals surface area contributed by atoms with Crippen molar-refractivity contribution in [2.75, 3.05) is 25.4 Å². The van der Waals surface area contributed by atoms with Crippen LogP contribution in [0.2, 0.25) is 0 Å². The highest BCUT2D eigenvalue weighted by molar-refractivity contribution is 7.89. The molecule has 3 heterocycles. The van der Waals surface area contributed by atoms with Crippen LogP contribution in [-0.4, -0.2) is 70.9 Å². The summed E-state index contributed by atoms with van der Waals surface area (Å²) in [7, 11) is -3.67. The van der Waals surface area contributed by atoms with E-state index in [1.807, 2.05) is 0 Å². The van der Waals surface area contributed by atoms with Gasteiger partial charge >= 0.3 is 0 Å². The summed E-state index contributed by atoms with van der Waals surface area (Å²) in [4.78, 5) is 32.3. The van der Waals surface area contributed by atoms with Gasteiger partial charge in [0.2, 0.25) is 27.7 Å². The SMILES string of the molecule is CCc1ncnc(O[C@@H]2CCN(S(=O)(=O)CCN3C(=O)CCCC3=O)C2)c1F. The van der Waals surface area contributed by atoms with Crippen molar-refractivity contribution < 1.29 is 27.1 Å². The Morgan fingerprint density at radius 1 is 1.25 bits per heavy atom. The monoisotopic (exact) mass is 414 g/mol. The maximum Gasteiger partial charge on any atom is 0.254 e. The van der Waals surface area contributed by atoms with Gasteiger partial charge in [-0.3, -0.25) is 14.5 Å². The average molecular weight is 414 g/mol. The van der Waals surface area contributed by atoms with Crippen molar-refractivity contribution in [1.82, 2.24) is 19.2 Å². The van der Waals surface area contributed by atoms with E-state index in [9.17, 15) is 22.4 Å². The Kier molecular flexibility index (Phi) is 6.23. The van der Waals surface area contributed by atoms with Gasteiger partial charge in [-0.05, 0) is 19.3 Å². The van der Waals surface area contributed by atoms with E-state index in [-0.39, 0.29) is 61.6 Å². The Hall–Kier alpha value is -2.14. The van der Waals surface area contributed by atoms with Gasteiger partial charge in [-0.15, -0.1) is 0 Å². The number of nitrogens with zero attached hydrogens (tertiary/aromatic N) is 4. The van der Waals surface area contributed by atoms with Gasteiger partial charge in [-0.2, -0.15) is 13.7 Å². The largest absolute Gasteiger partial charge is 0.471 e. The molecular weight excluding hydrogens is 391 g/mol. The Morgan fingerprint density at radius 3 is 2.64 bits per heavy atom. The molecule has 1 aromatic rings. The quantitative estimate of drug-likeness (QED) is 0.598. The van der Waals surface area contributed by atoms with E-state index in [1.54, 1.807) is 6.92 Å². The predicted molar refractivity (Wildman–Crippen MR) is 96.3 cm³/mol. The molecule has 0 aromatic carbocycles. The highest BCUT2D eigenvalue weighted by Gasteiger charge is 2.35. The van der Waals surface area contributed by atoms with E-state index in [0.29, 0.717) is 19.3 Å². The van der Waals surface area contributed by atoms with Gasteiger partial charge in [-0.1, -0.05) is 6.92 Å². The number of hydrogen-bond acceptors (Lipinski definition) is 7. The number of rotatable bonds is 7. The number of aryl methyl sites for hydroxylation is 1. The lowest BCUT2D eigenvalue weighted by molar-refractivity contribution is -0.147. The van der Waals surface area contributed by atoms with Gasteiger partial charge in [0, 0.05) is 25.9 Å². The van der Waals surface area contributed by atoms with Gasteiger partial charge in [0.1, 0.15) is 12.4 Å². The summed E-state index contributed by atoms with van der Waals surface area (Å²) in [5, 5.41) is 0. The zero-order valence-electron chi connectivity index (χ0n) is 15.6. The first kappa shape index (κ1) is 20.6. The summed E-state index contributed by atoms with van der Waals surface area (Å²) in [5.74, 6) is -1.81. The minimum Gasteiger partial charge on any atom is -0.471 e. The number of amides is 2. The van der Waals surface area contributed by atoms with Crippen molar-refractivity contribution in [3.63, 3.8) is 0 Å². The number of sulfonamides is 1. The molecule has 2 fully saturated rings. The molecule has 2 aliphatic heterocycles. The molecule has 1 atom stereocenters. The lowest BCUT2D eigenvalue weighted by Gasteiger charge is -2.25. The van der Waals surface area contributed by atoms with Crippen LogP contribution in [0.4, 0.5) is 4.39 Å². The van der Waals surface area contributed by atoms with Crippen LogP contribution in [-0.2, 0) is 26.0 Å². The molecule has 28 heavy (non-hydrogen) atoms. The van der Waals surface area contributed by atoms with Gasteiger partial charge in [0.05, 0.1) is 18.0 Å². The Balaban J connectivity index is 1.58. The van der Waals surface area contributed by atoms with Gasteiger partial charge in [0.25, 0.3) is 5.88 Å². The van der Waals surface area contributed by atoms with E-state index in [2.05, 4.69) is 9.97 Å². The minimum atomic E-state index is -3.67. The molecule has 0 bridgehead atoms. The second kappa shape index (κ2) is 8.48. The molecule has 0 spiro atoms. The molecule has 154 valence electrons. The van der Waals surface area contributed by atoms with Crippen LogP contribution < -0.4 is 4.74 Å². The van der Waals surface area contributed by atoms with Crippen molar-refractivity contribution in [2.45, 2.75) is 45.1 Å². The number of imide groups is 1. The number of carbonyl (C=O) groups excluding carboxylic acids is 2. The van der Waals surface area contributed by atoms with Gasteiger partial charge in [0.15, 0.2) is 0 Å². The third-order valence-corrected chi connectivity index (χ3v) is 6.72. The number of hydrogen-bond donors (Lipinski definition) is 0.